The van der Waals surface area contributed by atoms with Crippen LogP contribution in [0, 0.1) is 11.3 Å². The van der Waals surface area contributed by atoms with Gasteiger partial charge in [0.05, 0.1) is 24.3 Å². The van der Waals surface area contributed by atoms with Crippen LogP contribution in [0.25, 0.3) is 11.0 Å². The van der Waals surface area contributed by atoms with Crippen LogP contribution < -0.4 is 10.5 Å². The van der Waals surface area contributed by atoms with E-state index >= 15 is 0 Å². The number of hydrogen-bond acceptors (Lipinski definition) is 6. The van der Waals surface area contributed by atoms with Crippen molar-refractivity contribution in [2.75, 3.05) is 25.1 Å². The van der Waals surface area contributed by atoms with Gasteiger partial charge in [0.2, 0.25) is 5.95 Å². The first-order valence-corrected chi connectivity index (χ1v) is 9.37. The average molecular weight is 375 g/mol. The number of rotatable bonds is 3. The van der Waals surface area contributed by atoms with Crippen LogP contribution in [-0.4, -0.2) is 45.9 Å². The van der Waals surface area contributed by atoms with Gasteiger partial charge in [-0.25, -0.2) is 4.68 Å². The van der Waals surface area contributed by atoms with Crippen LogP contribution in [0.2, 0.25) is 0 Å². The minimum atomic E-state index is -0.592. The summed E-state index contributed by atoms with van der Waals surface area (Å²) in [5.41, 5.74) is -0.488. The summed E-state index contributed by atoms with van der Waals surface area (Å²) >= 11 is 0. The van der Waals surface area contributed by atoms with Crippen LogP contribution in [0.1, 0.15) is 47.5 Å². The predicted molar refractivity (Wildman–Crippen MR) is 104 cm³/mol. The largest absolute Gasteiger partial charge is 0.469 e. The third kappa shape index (κ3) is 3.44. The lowest BCUT2D eigenvalue weighted by atomic mass is 9.74. The number of hydrogen-bond donors (Lipinski definition) is 1. The molecule has 3 rings (SSSR count). The number of aromatic nitrogens is 4. The number of aromatic amines is 1. The van der Waals surface area contributed by atoms with E-state index in [0.717, 1.165) is 19.4 Å². The topological polar surface area (TPSA) is 93.1 Å². The highest BCUT2D eigenvalue weighted by atomic mass is 16.5. The van der Waals surface area contributed by atoms with E-state index in [1.807, 2.05) is 34.6 Å². The van der Waals surface area contributed by atoms with E-state index in [4.69, 9.17) is 9.72 Å². The molecule has 2 aromatic heterocycles. The van der Waals surface area contributed by atoms with Crippen LogP contribution in [-0.2, 0) is 15.1 Å². The molecule has 0 saturated carbocycles. The van der Waals surface area contributed by atoms with Crippen molar-refractivity contribution >= 4 is 23.0 Å². The number of H-pyrrole nitrogens is 1. The zero-order valence-corrected chi connectivity index (χ0v) is 17.0. The first-order valence-electron chi connectivity index (χ1n) is 9.37. The van der Waals surface area contributed by atoms with E-state index in [0.29, 0.717) is 23.5 Å². The lowest BCUT2D eigenvalue weighted by molar-refractivity contribution is -0.154. The van der Waals surface area contributed by atoms with Gasteiger partial charge < -0.3 is 9.64 Å². The Labute approximate surface area is 158 Å². The molecular formula is C19H29N5O3. The van der Waals surface area contributed by atoms with Gasteiger partial charge in [-0.05, 0) is 53.4 Å². The second-order valence-corrected chi connectivity index (χ2v) is 8.85. The lowest BCUT2D eigenvalue weighted by Gasteiger charge is -2.40. The van der Waals surface area contributed by atoms with Gasteiger partial charge in [-0.1, -0.05) is 0 Å². The van der Waals surface area contributed by atoms with Crippen LogP contribution in [0.4, 0.5) is 5.95 Å². The molecule has 1 fully saturated rings. The normalized spacial score (nSPS) is 18.7. The summed E-state index contributed by atoms with van der Waals surface area (Å²) < 4.78 is 6.76. The minimum absolute atomic E-state index is 0.118. The molecule has 0 aliphatic carbocycles. The second kappa shape index (κ2) is 6.65. The number of ether oxygens (including phenoxy) is 1. The van der Waals surface area contributed by atoms with Crippen molar-refractivity contribution in [3.63, 3.8) is 0 Å². The van der Waals surface area contributed by atoms with Crippen molar-refractivity contribution in [2.45, 2.75) is 53.0 Å². The molecule has 0 aromatic carbocycles. The Morgan fingerprint density at radius 1 is 1.30 bits per heavy atom. The van der Waals surface area contributed by atoms with E-state index in [9.17, 15) is 9.59 Å². The third-order valence-corrected chi connectivity index (χ3v) is 5.51. The van der Waals surface area contributed by atoms with Gasteiger partial charge in [0.1, 0.15) is 5.39 Å². The molecule has 1 N–H and O–H groups in total. The summed E-state index contributed by atoms with van der Waals surface area (Å²) in [6.45, 7) is 11.3. The average Bonchev–Trinajstić information content (AvgIpc) is 3.06. The highest BCUT2D eigenvalue weighted by Crippen LogP contribution is 2.36. The summed E-state index contributed by atoms with van der Waals surface area (Å²) in [7, 11) is 1.42. The summed E-state index contributed by atoms with van der Waals surface area (Å²) in [6, 6.07) is 0. The van der Waals surface area contributed by atoms with Gasteiger partial charge >= 0.3 is 5.97 Å². The monoisotopic (exact) mass is 375 g/mol. The zero-order valence-electron chi connectivity index (χ0n) is 17.0. The predicted octanol–water partition coefficient (Wildman–Crippen LogP) is 2.29. The Morgan fingerprint density at radius 2 is 2.00 bits per heavy atom. The molecule has 1 aliphatic rings. The number of methoxy groups -OCH3 is 1. The fourth-order valence-electron chi connectivity index (χ4n) is 3.74. The number of fused-ring (bicyclic) bond motifs is 1. The third-order valence-electron chi connectivity index (χ3n) is 5.51. The van der Waals surface area contributed by atoms with Crippen molar-refractivity contribution < 1.29 is 9.53 Å². The molecule has 0 spiro atoms. The van der Waals surface area contributed by atoms with Crippen molar-refractivity contribution in [1.82, 2.24) is 19.7 Å². The molecule has 1 aliphatic heterocycles. The number of nitrogens with zero attached hydrogens (tertiary/aromatic N) is 4. The SMILES string of the molecule is COC(=O)C(C)(C)C1CCCN(c2nc3c(cnn3C(C)(C)C)c(=O)[nH]2)C1. The number of carbonyl (C=O) groups excluding carboxylic acids is 1. The standard InChI is InChI=1S/C19H29N5O3/c1-18(2,3)24-14-13(10-20-24)15(25)22-17(21-14)23-9-7-8-12(11-23)19(4,5)16(26)27-6/h10,12H,7-9,11H2,1-6H3,(H,21,22,25). The van der Waals surface area contributed by atoms with E-state index in [-0.39, 0.29) is 23.0 Å². The lowest BCUT2D eigenvalue weighted by Crippen LogP contribution is -2.46. The minimum Gasteiger partial charge on any atom is -0.469 e. The Balaban J connectivity index is 1.97. The van der Waals surface area contributed by atoms with Crippen molar-refractivity contribution in [2.24, 2.45) is 11.3 Å². The summed E-state index contributed by atoms with van der Waals surface area (Å²) in [5.74, 6) is 0.438. The van der Waals surface area contributed by atoms with Gasteiger partial charge in [0, 0.05) is 13.1 Å². The molecule has 0 amide bonds. The molecule has 148 valence electrons. The molecule has 0 radical (unpaired) electrons. The summed E-state index contributed by atoms with van der Waals surface area (Å²) in [6.07, 6.45) is 3.42. The number of esters is 1. The number of anilines is 1. The maximum atomic E-state index is 12.6. The fraction of sp³-hybridized carbons (Fsp3) is 0.684. The van der Waals surface area contributed by atoms with Gasteiger partial charge in [-0.3, -0.25) is 14.6 Å². The van der Waals surface area contributed by atoms with Gasteiger partial charge in [0.15, 0.2) is 5.65 Å². The maximum absolute atomic E-state index is 12.6. The number of carbonyl (C=O) groups is 1. The molecular weight excluding hydrogens is 346 g/mol. The molecule has 8 heteroatoms. The van der Waals surface area contributed by atoms with Gasteiger partial charge in [-0.15, -0.1) is 0 Å². The quantitative estimate of drug-likeness (QED) is 0.828. The highest BCUT2D eigenvalue weighted by molar-refractivity contribution is 5.76. The van der Waals surface area contributed by atoms with Crippen LogP contribution >= 0.6 is 0 Å². The smallest absolute Gasteiger partial charge is 0.311 e. The molecule has 0 bridgehead atoms. The molecule has 27 heavy (non-hydrogen) atoms. The number of nitrogens with one attached hydrogen (secondary N) is 1. The maximum Gasteiger partial charge on any atom is 0.311 e. The van der Waals surface area contributed by atoms with Gasteiger partial charge in [-0.2, -0.15) is 10.1 Å². The van der Waals surface area contributed by atoms with Crippen LogP contribution in [0.15, 0.2) is 11.0 Å². The van der Waals surface area contributed by atoms with Crippen LogP contribution in [0.5, 0.6) is 0 Å². The molecule has 2 aromatic rings. The zero-order chi connectivity index (χ0) is 20.0. The summed E-state index contributed by atoms with van der Waals surface area (Å²) in [5, 5.41) is 4.84. The Kier molecular flexibility index (Phi) is 4.78. The van der Waals surface area contributed by atoms with Gasteiger partial charge in [0.25, 0.3) is 5.56 Å². The molecule has 8 nitrogen and oxygen atoms in total. The molecule has 1 atom stereocenters. The Morgan fingerprint density at radius 3 is 2.63 bits per heavy atom. The number of piperidine rings is 1. The second-order valence-electron chi connectivity index (χ2n) is 8.85. The molecule has 1 saturated heterocycles. The molecule has 1 unspecified atom stereocenters. The van der Waals surface area contributed by atoms with Crippen molar-refractivity contribution in [3.05, 3.63) is 16.6 Å². The van der Waals surface area contributed by atoms with Crippen molar-refractivity contribution in [3.8, 4) is 0 Å². The molecule has 3 heterocycles. The highest BCUT2D eigenvalue weighted by Gasteiger charge is 2.40. The Bertz CT molecular complexity index is 906. The van der Waals surface area contributed by atoms with E-state index in [2.05, 4.69) is 15.0 Å². The van der Waals surface area contributed by atoms with E-state index in [1.54, 1.807) is 10.9 Å². The van der Waals surface area contributed by atoms with E-state index < -0.39 is 5.41 Å². The first kappa shape index (κ1) is 19.4. The fourth-order valence-corrected chi connectivity index (χ4v) is 3.74. The van der Waals surface area contributed by atoms with E-state index in [1.165, 1.54) is 7.11 Å². The first-order chi connectivity index (χ1) is 12.6. The van der Waals surface area contributed by atoms with Crippen LogP contribution in [0.3, 0.4) is 0 Å². The Hall–Kier alpha value is -2.38. The summed E-state index contributed by atoms with van der Waals surface area (Å²) in [4.78, 5) is 34.4. The van der Waals surface area contributed by atoms with Crippen molar-refractivity contribution in [1.29, 1.82) is 0 Å².